The van der Waals surface area contributed by atoms with E-state index in [0.29, 0.717) is 13.0 Å². The van der Waals surface area contributed by atoms with Crippen LogP contribution >= 0.6 is 0 Å². The minimum atomic E-state index is -0.383. The van der Waals surface area contributed by atoms with Crippen LogP contribution in [0.15, 0.2) is 18.2 Å². The standard InChI is InChI=1S/C14H23N3O2/c1-14(2,3)11-5-6-12(19-4)10(9-11)7-8-16-13(18)17-15/h5-6,9H,7-8,15H2,1-4H3,(H2,16,17,18). The SMILES string of the molecule is COc1ccc(C(C)(C)C)cc1CCNC(=O)NN. The van der Waals surface area contributed by atoms with Gasteiger partial charge in [0.15, 0.2) is 0 Å². The van der Waals surface area contributed by atoms with Gasteiger partial charge in [0.25, 0.3) is 0 Å². The lowest BCUT2D eigenvalue weighted by molar-refractivity contribution is 0.241. The van der Waals surface area contributed by atoms with Crippen molar-refractivity contribution in [3.8, 4) is 5.75 Å². The van der Waals surface area contributed by atoms with E-state index >= 15 is 0 Å². The first-order chi connectivity index (χ1) is 8.88. The van der Waals surface area contributed by atoms with Gasteiger partial charge >= 0.3 is 6.03 Å². The van der Waals surface area contributed by atoms with Gasteiger partial charge in [0.05, 0.1) is 7.11 Å². The Bertz CT molecular complexity index is 439. The zero-order valence-electron chi connectivity index (χ0n) is 12.0. The highest BCUT2D eigenvalue weighted by molar-refractivity contribution is 5.73. The molecule has 0 heterocycles. The fourth-order valence-corrected chi connectivity index (χ4v) is 1.80. The molecule has 5 nitrogen and oxygen atoms in total. The van der Waals surface area contributed by atoms with Crippen LogP contribution in [0.25, 0.3) is 0 Å². The molecule has 0 saturated heterocycles. The maximum atomic E-state index is 11.0. The topological polar surface area (TPSA) is 76.4 Å². The molecule has 0 fully saturated rings. The van der Waals surface area contributed by atoms with E-state index in [1.54, 1.807) is 7.11 Å². The zero-order valence-corrected chi connectivity index (χ0v) is 12.0. The van der Waals surface area contributed by atoms with Crippen molar-refractivity contribution in [3.63, 3.8) is 0 Å². The first kappa shape index (κ1) is 15.3. The highest BCUT2D eigenvalue weighted by Crippen LogP contribution is 2.28. The molecule has 2 amide bonds. The Kier molecular flexibility index (Phi) is 5.18. The Labute approximate surface area is 114 Å². The molecule has 0 unspecified atom stereocenters. The predicted octanol–water partition coefficient (Wildman–Crippen LogP) is 1.71. The number of urea groups is 1. The van der Waals surface area contributed by atoms with Crippen LogP contribution in [0.4, 0.5) is 4.79 Å². The smallest absolute Gasteiger partial charge is 0.328 e. The third-order valence-electron chi connectivity index (χ3n) is 2.96. The van der Waals surface area contributed by atoms with Crippen molar-refractivity contribution in [2.75, 3.05) is 13.7 Å². The monoisotopic (exact) mass is 265 g/mol. The summed E-state index contributed by atoms with van der Waals surface area (Å²) in [7, 11) is 1.65. The van der Waals surface area contributed by atoms with Gasteiger partial charge in [0.1, 0.15) is 5.75 Å². The van der Waals surface area contributed by atoms with Gasteiger partial charge in [-0.25, -0.2) is 10.6 Å². The van der Waals surface area contributed by atoms with E-state index in [1.807, 2.05) is 11.5 Å². The second-order valence-electron chi connectivity index (χ2n) is 5.43. The third kappa shape index (κ3) is 4.44. The fourth-order valence-electron chi connectivity index (χ4n) is 1.80. The summed E-state index contributed by atoms with van der Waals surface area (Å²) < 4.78 is 5.34. The number of carbonyl (C=O) groups is 1. The Hall–Kier alpha value is -1.75. The Morgan fingerprint density at radius 2 is 2.05 bits per heavy atom. The fraction of sp³-hybridized carbons (Fsp3) is 0.500. The van der Waals surface area contributed by atoms with Crippen LogP contribution in [0.3, 0.4) is 0 Å². The number of benzene rings is 1. The average Bonchev–Trinajstić information content (AvgIpc) is 2.37. The van der Waals surface area contributed by atoms with Gasteiger partial charge in [0.2, 0.25) is 0 Å². The number of nitrogens with two attached hydrogens (primary N) is 1. The van der Waals surface area contributed by atoms with Gasteiger partial charge in [-0.05, 0) is 29.0 Å². The van der Waals surface area contributed by atoms with Crippen LogP contribution in [0.2, 0.25) is 0 Å². The molecular formula is C14H23N3O2. The molecule has 4 N–H and O–H groups in total. The second-order valence-corrected chi connectivity index (χ2v) is 5.43. The van der Waals surface area contributed by atoms with Crippen molar-refractivity contribution in [2.24, 2.45) is 5.84 Å². The van der Waals surface area contributed by atoms with Crippen LogP contribution in [-0.2, 0) is 11.8 Å². The summed E-state index contributed by atoms with van der Waals surface area (Å²) in [6.45, 7) is 7.00. The molecular weight excluding hydrogens is 242 g/mol. The maximum Gasteiger partial charge on any atom is 0.328 e. The molecule has 0 aromatic heterocycles. The number of ether oxygens (including phenoxy) is 1. The number of nitrogens with one attached hydrogen (secondary N) is 2. The second kappa shape index (κ2) is 6.43. The molecule has 1 aromatic rings. The molecule has 1 aromatic carbocycles. The molecule has 0 aliphatic heterocycles. The van der Waals surface area contributed by atoms with Crippen LogP contribution in [0.1, 0.15) is 31.9 Å². The first-order valence-corrected chi connectivity index (χ1v) is 6.30. The number of hydrogen-bond acceptors (Lipinski definition) is 3. The van der Waals surface area contributed by atoms with Crippen molar-refractivity contribution in [3.05, 3.63) is 29.3 Å². The van der Waals surface area contributed by atoms with E-state index in [0.717, 1.165) is 11.3 Å². The number of methoxy groups -OCH3 is 1. The van der Waals surface area contributed by atoms with Crippen molar-refractivity contribution in [1.82, 2.24) is 10.7 Å². The summed E-state index contributed by atoms with van der Waals surface area (Å²) in [5.74, 6) is 5.84. The first-order valence-electron chi connectivity index (χ1n) is 6.30. The van der Waals surface area contributed by atoms with Gasteiger partial charge in [-0.15, -0.1) is 0 Å². The summed E-state index contributed by atoms with van der Waals surface area (Å²) in [6.07, 6.45) is 0.695. The molecule has 1 rings (SSSR count). The Morgan fingerprint density at radius 1 is 1.37 bits per heavy atom. The average molecular weight is 265 g/mol. The lowest BCUT2D eigenvalue weighted by atomic mass is 9.85. The molecule has 106 valence electrons. The van der Waals surface area contributed by atoms with E-state index in [1.165, 1.54) is 5.56 Å². The van der Waals surface area contributed by atoms with Crippen molar-refractivity contribution in [2.45, 2.75) is 32.6 Å². The van der Waals surface area contributed by atoms with E-state index in [-0.39, 0.29) is 11.4 Å². The Morgan fingerprint density at radius 3 is 2.58 bits per heavy atom. The van der Waals surface area contributed by atoms with Crippen LogP contribution < -0.4 is 21.3 Å². The molecule has 19 heavy (non-hydrogen) atoms. The molecule has 0 bridgehead atoms. The van der Waals surface area contributed by atoms with Crippen molar-refractivity contribution < 1.29 is 9.53 Å². The number of hydrogen-bond donors (Lipinski definition) is 3. The molecule has 0 spiro atoms. The minimum absolute atomic E-state index is 0.0864. The van der Waals surface area contributed by atoms with E-state index in [4.69, 9.17) is 10.6 Å². The van der Waals surface area contributed by atoms with Gasteiger partial charge in [0, 0.05) is 6.54 Å². The highest BCUT2D eigenvalue weighted by atomic mass is 16.5. The minimum Gasteiger partial charge on any atom is -0.496 e. The molecule has 5 heteroatoms. The van der Waals surface area contributed by atoms with Gasteiger partial charge in [-0.3, -0.25) is 5.43 Å². The van der Waals surface area contributed by atoms with Crippen molar-refractivity contribution in [1.29, 1.82) is 0 Å². The van der Waals surface area contributed by atoms with Crippen LogP contribution in [0, 0.1) is 0 Å². The van der Waals surface area contributed by atoms with Gasteiger partial charge in [-0.1, -0.05) is 32.9 Å². The predicted molar refractivity (Wildman–Crippen MR) is 76.1 cm³/mol. The third-order valence-corrected chi connectivity index (χ3v) is 2.96. The number of rotatable bonds is 4. The van der Waals surface area contributed by atoms with E-state index < -0.39 is 0 Å². The summed E-state index contributed by atoms with van der Waals surface area (Å²) in [5.41, 5.74) is 4.44. The quantitative estimate of drug-likeness (QED) is 0.440. The summed E-state index contributed by atoms with van der Waals surface area (Å²) in [4.78, 5) is 11.0. The Balaban J connectivity index is 2.82. The summed E-state index contributed by atoms with van der Waals surface area (Å²) in [6, 6.07) is 5.79. The highest BCUT2D eigenvalue weighted by Gasteiger charge is 2.15. The zero-order chi connectivity index (χ0) is 14.5. The van der Waals surface area contributed by atoms with Gasteiger partial charge < -0.3 is 10.1 Å². The number of hydrazine groups is 1. The molecule has 0 radical (unpaired) electrons. The molecule has 0 aliphatic rings. The largest absolute Gasteiger partial charge is 0.496 e. The van der Waals surface area contributed by atoms with Crippen LogP contribution in [-0.4, -0.2) is 19.7 Å². The maximum absolute atomic E-state index is 11.0. The summed E-state index contributed by atoms with van der Waals surface area (Å²) >= 11 is 0. The number of carbonyl (C=O) groups excluding carboxylic acids is 1. The van der Waals surface area contributed by atoms with E-state index in [9.17, 15) is 4.79 Å². The molecule has 0 atom stereocenters. The lowest BCUT2D eigenvalue weighted by Gasteiger charge is -2.21. The van der Waals surface area contributed by atoms with Crippen LogP contribution in [0.5, 0.6) is 5.75 Å². The molecule has 0 saturated carbocycles. The molecule has 0 aliphatic carbocycles. The summed E-state index contributed by atoms with van der Waals surface area (Å²) in [5, 5.41) is 2.66. The normalized spacial score (nSPS) is 11.0. The van der Waals surface area contributed by atoms with Crippen molar-refractivity contribution >= 4 is 6.03 Å². The lowest BCUT2D eigenvalue weighted by Crippen LogP contribution is -2.40. The number of amides is 2. The van der Waals surface area contributed by atoms with Gasteiger partial charge in [-0.2, -0.15) is 0 Å². The van der Waals surface area contributed by atoms with E-state index in [2.05, 4.69) is 38.2 Å².